The smallest absolute Gasteiger partial charge is 0.133 e. The normalized spacial score (nSPS) is 57.0. The molecule has 0 aromatic rings. The first-order chi connectivity index (χ1) is 11.2. The van der Waals surface area contributed by atoms with Crippen LogP contribution < -0.4 is 0 Å². The highest BCUT2D eigenvalue weighted by molar-refractivity contribution is 5.79. The third-order valence-electron chi connectivity index (χ3n) is 9.44. The molecule has 0 aliphatic heterocycles. The van der Waals surface area contributed by atoms with Crippen LogP contribution in [0.5, 0.6) is 0 Å². The minimum Gasteiger partial charge on any atom is -0.390 e. The molecule has 4 aliphatic carbocycles. The van der Waals surface area contributed by atoms with Gasteiger partial charge < -0.3 is 5.11 Å². The van der Waals surface area contributed by atoms with Crippen molar-refractivity contribution in [3.05, 3.63) is 0 Å². The minimum absolute atomic E-state index is 0.274. The first-order valence-corrected chi connectivity index (χ1v) is 10.4. The van der Waals surface area contributed by atoms with Crippen LogP contribution in [0.1, 0.15) is 85.5 Å². The standard InChI is InChI=1S/C22H36O2/c1-14(23)17-7-8-18-16-6-5-15-13-20(2,24)11-12-21(15,3)19(16)9-10-22(17,18)4/h15-19,24H,5-13H2,1-4H3/t15-,16?,17?,18+,19+,20-,21+,22-/m1/s1. The second-order valence-electron chi connectivity index (χ2n) is 10.6. The molecule has 2 unspecified atom stereocenters. The van der Waals surface area contributed by atoms with Gasteiger partial charge in [0.05, 0.1) is 5.60 Å². The number of hydrogen-bond donors (Lipinski definition) is 1. The van der Waals surface area contributed by atoms with Crippen molar-refractivity contribution in [1.82, 2.24) is 0 Å². The average Bonchev–Trinajstić information content (AvgIpc) is 2.85. The Kier molecular flexibility index (Phi) is 3.78. The Hall–Kier alpha value is -0.370. The largest absolute Gasteiger partial charge is 0.390 e. The van der Waals surface area contributed by atoms with Crippen LogP contribution in [0.2, 0.25) is 0 Å². The van der Waals surface area contributed by atoms with E-state index < -0.39 is 5.60 Å². The van der Waals surface area contributed by atoms with E-state index in [0.717, 1.165) is 37.0 Å². The molecule has 4 fully saturated rings. The molecule has 24 heavy (non-hydrogen) atoms. The van der Waals surface area contributed by atoms with E-state index in [-0.39, 0.29) is 5.41 Å². The molecule has 0 amide bonds. The monoisotopic (exact) mass is 332 g/mol. The molecule has 0 aromatic carbocycles. The van der Waals surface area contributed by atoms with Crippen LogP contribution in [0.3, 0.4) is 0 Å². The number of hydrogen-bond acceptors (Lipinski definition) is 2. The Bertz CT molecular complexity index is 538. The van der Waals surface area contributed by atoms with Gasteiger partial charge in [0.25, 0.3) is 0 Å². The van der Waals surface area contributed by atoms with Crippen molar-refractivity contribution in [2.75, 3.05) is 0 Å². The summed E-state index contributed by atoms with van der Waals surface area (Å²) in [7, 11) is 0. The van der Waals surface area contributed by atoms with Gasteiger partial charge in [-0.15, -0.1) is 0 Å². The number of ketones is 1. The first-order valence-electron chi connectivity index (χ1n) is 10.4. The molecule has 0 heterocycles. The molecule has 2 nitrogen and oxygen atoms in total. The highest BCUT2D eigenvalue weighted by atomic mass is 16.3. The molecule has 0 spiro atoms. The Morgan fingerprint density at radius 3 is 2.29 bits per heavy atom. The number of rotatable bonds is 1. The van der Waals surface area contributed by atoms with Gasteiger partial charge in [-0.05, 0) is 106 Å². The molecule has 2 heteroatoms. The van der Waals surface area contributed by atoms with E-state index in [4.69, 9.17) is 0 Å². The molecule has 8 atom stereocenters. The molecule has 0 saturated heterocycles. The Morgan fingerprint density at radius 2 is 1.58 bits per heavy atom. The van der Waals surface area contributed by atoms with Gasteiger partial charge in [-0.25, -0.2) is 0 Å². The molecule has 4 saturated carbocycles. The fraction of sp³-hybridized carbons (Fsp3) is 0.955. The van der Waals surface area contributed by atoms with Crippen molar-refractivity contribution < 1.29 is 9.90 Å². The Balaban J connectivity index is 1.61. The van der Waals surface area contributed by atoms with Gasteiger partial charge in [-0.3, -0.25) is 4.79 Å². The summed E-state index contributed by atoms with van der Waals surface area (Å²) >= 11 is 0. The van der Waals surface area contributed by atoms with Crippen LogP contribution in [0.25, 0.3) is 0 Å². The predicted molar refractivity (Wildman–Crippen MR) is 96.5 cm³/mol. The maximum Gasteiger partial charge on any atom is 0.133 e. The lowest BCUT2D eigenvalue weighted by atomic mass is 9.44. The van der Waals surface area contributed by atoms with Crippen LogP contribution >= 0.6 is 0 Å². The fourth-order valence-corrected chi connectivity index (χ4v) is 8.10. The summed E-state index contributed by atoms with van der Waals surface area (Å²) in [4.78, 5) is 12.2. The quantitative estimate of drug-likeness (QED) is 0.735. The average molecular weight is 333 g/mol. The molecular formula is C22H36O2. The van der Waals surface area contributed by atoms with Gasteiger partial charge in [-0.1, -0.05) is 13.8 Å². The van der Waals surface area contributed by atoms with Gasteiger partial charge in [0.1, 0.15) is 5.78 Å². The number of aliphatic hydroxyl groups is 1. The van der Waals surface area contributed by atoms with Gasteiger partial charge >= 0.3 is 0 Å². The lowest BCUT2D eigenvalue weighted by Gasteiger charge is -2.61. The van der Waals surface area contributed by atoms with Gasteiger partial charge in [-0.2, -0.15) is 0 Å². The minimum atomic E-state index is -0.437. The highest BCUT2D eigenvalue weighted by Gasteiger charge is 2.61. The van der Waals surface area contributed by atoms with Gasteiger partial charge in [0.2, 0.25) is 0 Å². The van der Waals surface area contributed by atoms with E-state index in [9.17, 15) is 9.90 Å². The van der Waals surface area contributed by atoms with E-state index in [1.165, 1.54) is 38.5 Å². The first kappa shape index (κ1) is 17.1. The molecule has 4 rings (SSSR count). The van der Waals surface area contributed by atoms with E-state index in [0.29, 0.717) is 23.0 Å². The molecular weight excluding hydrogens is 296 g/mol. The summed E-state index contributed by atoms with van der Waals surface area (Å²) in [5, 5.41) is 10.6. The topological polar surface area (TPSA) is 37.3 Å². The predicted octanol–water partition coefficient (Wildman–Crippen LogP) is 4.99. The zero-order chi connectivity index (χ0) is 17.3. The van der Waals surface area contributed by atoms with Gasteiger partial charge in [0, 0.05) is 5.92 Å². The van der Waals surface area contributed by atoms with Crippen molar-refractivity contribution in [3.8, 4) is 0 Å². The third kappa shape index (κ3) is 2.27. The van der Waals surface area contributed by atoms with Crippen LogP contribution in [0.15, 0.2) is 0 Å². The summed E-state index contributed by atoms with van der Waals surface area (Å²) < 4.78 is 0. The van der Waals surface area contributed by atoms with Crippen molar-refractivity contribution in [3.63, 3.8) is 0 Å². The number of Topliss-reactive ketones (excluding diaryl/α,β-unsaturated/α-hetero) is 1. The molecule has 1 N–H and O–H groups in total. The van der Waals surface area contributed by atoms with Crippen molar-refractivity contribution in [2.24, 2.45) is 40.4 Å². The lowest BCUT2D eigenvalue weighted by Crippen LogP contribution is -2.55. The highest BCUT2D eigenvalue weighted by Crippen LogP contribution is 2.68. The second-order valence-corrected chi connectivity index (χ2v) is 10.6. The van der Waals surface area contributed by atoms with Gasteiger partial charge in [0.15, 0.2) is 0 Å². The van der Waals surface area contributed by atoms with Crippen molar-refractivity contribution >= 4 is 5.78 Å². The van der Waals surface area contributed by atoms with Crippen molar-refractivity contribution in [2.45, 2.75) is 91.1 Å². The SMILES string of the molecule is CC(=O)C1CC[C@H]2C3CC[C@@H]4C[C@](C)(O)CC[C@]4(C)[C@H]3CC[C@]12C. The molecule has 0 radical (unpaired) electrons. The van der Waals surface area contributed by atoms with E-state index in [1.54, 1.807) is 0 Å². The maximum absolute atomic E-state index is 12.2. The third-order valence-corrected chi connectivity index (χ3v) is 9.44. The lowest BCUT2D eigenvalue weighted by molar-refractivity contribution is -0.150. The van der Waals surface area contributed by atoms with E-state index in [2.05, 4.69) is 13.8 Å². The molecule has 0 aromatic heterocycles. The van der Waals surface area contributed by atoms with Crippen LogP contribution in [-0.2, 0) is 4.79 Å². The Morgan fingerprint density at radius 1 is 0.875 bits per heavy atom. The Labute approximate surface area is 147 Å². The molecule has 0 bridgehead atoms. The number of carbonyl (C=O) groups is 1. The fourth-order valence-electron chi connectivity index (χ4n) is 8.10. The summed E-state index contributed by atoms with van der Waals surface area (Å²) in [6, 6.07) is 0. The van der Waals surface area contributed by atoms with E-state index >= 15 is 0 Å². The van der Waals surface area contributed by atoms with Crippen LogP contribution in [-0.4, -0.2) is 16.5 Å². The molecule has 4 aliphatic rings. The maximum atomic E-state index is 12.2. The second kappa shape index (κ2) is 5.32. The number of fused-ring (bicyclic) bond motifs is 5. The zero-order valence-electron chi connectivity index (χ0n) is 16.1. The number of carbonyl (C=O) groups excluding carboxylic acids is 1. The summed E-state index contributed by atoms with van der Waals surface area (Å²) in [5.41, 5.74) is 0.268. The van der Waals surface area contributed by atoms with Crippen LogP contribution in [0, 0.1) is 40.4 Å². The molecule has 136 valence electrons. The summed E-state index contributed by atoms with van der Waals surface area (Å²) in [5.74, 6) is 3.89. The van der Waals surface area contributed by atoms with Crippen molar-refractivity contribution in [1.29, 1.82) is 0 Å². The summed E-state index contributed by atoms with van der Waals surface area (Å²) in [6.45, 7) is 8.85. The zero-order valence-corrected chi connectivity index (χ0v) is 16.1. The summed E-state index contributed by atoms with van der Waals surface area (Å²) in [6.07, 6.45) is 10.8. The van der Waals surface area contributed by atoms with Crippen LogP contribution in [0.4, 0.5) is 0 Å². The van der Waals surface area contributed by atoms with E-state index in [1.807, 2.05) is 13.8 Å².